The molecule has 3 aromatic heterocycles. The second-order valence-electron chi connectivity index (χ2n) is 10.5. The molecule has 2 bridgehead atoms. The summed E-state index contributed by atoms with van der Waals surface area (Å²) in [6.45, 7) is -1.03. The molecule has 4 fully saturated rings. The number of hydrogen-bond donors (Lipinski definition) is 3. The lowest BCUT2D eigenvalue weighted by atomic mass is 9.50. The Morgan fingerprint density at radius 1 is 1.15 bits per heavy atom. The first-order chi connectivity index (χ1) is 18.8. The molecule has 0 aliphatic heterocycles. The molecule has 0 aromatic carbocycles. The maximum absolute atomic E-state index is 15.2. The van der Waals surface area contributed by atoms with Crippen molar-refractivity contribution in [3.8, 4) is 0 Å². The highest BCUT2D eigenvalue weighted by Gasteiger charge is 2.58. The predicted molar refractivity (Wildman–Crippen MR) is 121 cm³/mol. The van der Waals surface area contributed by atoms with Crippen LogP contribution in [0, 0.1) is 5.92 Å². The number of rotatable bonds is 7. The molecule has 3 N–H and O–H groups in total. The number of nitrogens with zero attached hydrogens (tertiary/aromatic N) is 4. The average molecular weight is 577 g/mol. The minimum Gasteiger partial charge on any atom is -0.443 e. The van der Waals surface area contributed by atoms with Gasteiger partial charge in [-0.25, -0.2) is 18.7 Å². The largest absolute Gasteiger partial charge is 0.522 e. The Morgan fingerprint density at radius 3 is 2.55 bits per heavy atom. The molecule has 4 aliphatic carbocycles. The topological polar surface area (TPSA) is 118 Å². The first kappa shape index (κ1) is 26.6. The second-order valence-corrected chi connectivity index (χ2v) is 10.5. The minimum atomic E-state index is -4.96. The van der Waals surface area contributed by atoms with Crippen molar-refractivity contribution in [1.29, 1.82) is 0 Å². The molecule has 7 rings (SSSR count). The van der Waals surface area contributed by atoms with Gasteiger partial charge in [0, 0.05) is 23.2 Å². The first-order valence-corrected chi connectivity index (χ1v) is 12.4. The van der Waals surface area contributed by atoms with Crippen molar-refractivity contribution in [2.75, 3.05) is 5.32 Å². The maximum atomic E-state index is 15.2. The van der Waals surface area contributed by atoms with E-state index in [2.05, 4.69) is 35.7 Å². The molecule has 0 saturated heterocycles. The molecule has 216 valence electrons. The molecule has 4 saturated carbocycles. The van der Waals surface area contributed by atoms with E-state index in [9.17, 15) is 31.1 Å². The molecule has 10 nitrogen and oxygen atoms in total. The number of alkyl halides is 7. The van der Waals surface area contributed by atoms with Crippen LogP contribution in [0.3, 0.4) is 0 Å². The monoisotopic (exact) mass is 577 g/mol. The van der Waals surface area contributed by atoms with Gasteiger partial charge >= 0.3 is 18.6 Å². The zero-order valence-electron chi connectivity index (χ0n) is 20.4. The third-order valence-corrected chi connectivity index (χ3v) is 7.59. The van der Waals surface area contributed by atoms with Gasteiger partial charge in [-0.3, -0.25) is 9.84 Å². The Morgan fingerprint density at radius 2 is 1.90 bits per heavy atom. The van der Waals surface area contributed by atoms with Crippen LogP contribution in [0.5, 0.6) is 0 Å². The van der Waals surface area contributed by atoms with Crippen LogP contribution in [0.15, 0.2) is 18.3 Å². The zero-order chi connectivity index (χ0) is 28.4. The fraction of sp³-hybridized carbons (Fsp3) is 0.565. The number of carbonyl (C=O) groups excluding carboxylic acids is 1. The highest BCUT2D eigenvalue weighted by Crippen LogP contribution is 2.57. The number of amides is 1. The maximum Gasteiger partial charge on any atom is 0.522 e. The van der Waals surface area contributed by atoms with Crippen LogP contribution in [0.25, 0.3) is 5.52 Å². The van der Waals surface area contributed by atoms with Crippen LogP contribution < -0.4 is 10.6 Å². The summed E-state index contributed by atoms with van der Waals surface area (Å²) in [5.41, 5.74) is -1.62. The molecular formula is C23H22F7N7O3. The smallest absolute Gasteiger partial charge is 0.443 e. The fourth-order valence-corrected chi connectivity index (χ4v) is 5.60. The van der Waals surface area contributed by atoms with Crippen molar-refractivity contribution in [1.82, 2.24) is 30.1 Å². The number of ether oxygens (including phenoxy) is 2. The highest BCUT2D eigenvalue weighted by molar-refractivity contribution is 5.73. The van der Waals surface area contributed by atoms with Gasteiger partial charge in [0.25, 0.3) is 0 Å². The molecule has 17 heteroatoms. The van der Waals surface area contributed by atoms with Crippen LogP contribution in [0.4, 0.5) is 47.2 Å². The normalized spacial score (nSPS) is 27.8. The Labute approximate surface area is 220 Å². The summed E-state index contributed by atoms with van der Waals surface area (Å²) in [7, 11) is 0. The number of anilines is 2. The Bertz CT molecular complexity index is 1420. The zero-order valence-corrected chi connectivity index (χ0v) is 20.4. The van der Waals surface area contributed by atoms with Crippen LogP contribution in [0.2, 0.25) is 0 Å². The summed E-state index contributed by atoms with van der Waals surface area (Å²) < 4.78 is 103. The molecule has 0 unspecified atom stereocenters. The van der Waals surface area contributed by atoms with E-state index in [1.165, 1.54) is 6.07 Å². The molecule has 3 atom stereocenters. The van der Waals surface area contributed by atoms with Crippen molar-refractivity contribution in [3.63, 3.8) is 0 Å². The lowest BCUT2D eigenvalue weighted by Crippen LogP contribution is -2.68. The molecule has 0 radical (unpaired) electrons. The number of H-pyrrole nitrogens is 1. The van der Waals surface area contributed by atoms with Gasteiger partial charge in [0.2, 0.25) is 0 Å². The van der Waals surface area contributed by atoms with E-state index in [4.69, 9.17) is 4.74 Å². The van der Waals surface area contributed by atoms with Crippen LogP contribution >= 0.6 is 0 Å². The van der Waals surface area contributed by atoms with Crippen LogP contribution in [0.1, 0.15) is 55.1 Å². The van der Waals surface area contributed by atoms with Gasteiger partial charge in [-0.15, -0.1) is 13.2 Å². The molecular weight excluding hydrogens is 555 g/mol. The standard InChI is InChI=1S/C23H22F7N7O3/c24-18-12(1-2-15(18)40-20(38)33-21-5-10(6-21)7-21)13-4-17(35-34-13)32-19-14-3-11(9-39-23(28,29)30)36-37(14)8-16(31-19)22(25,26)27/h3-4,8,10,12,15,18H,1-2,5-7,9H2,(H,33,38)(H2,31,32,34,35)/t10?,12-,15-,18+,21?/m1/s1. The van der Waals surface area contributed by atoms with Gasteiger partial charge in [-0.1, -0.05) is 0 Å². The molecule has 40 heavy (non-hydrogen) atoms. The van der Waals surface area contributed by atoms with E-state index in [-0.39, 0.29) is 29.0 Å². The minimum absolute atomic E-state index is 0.0176. The Kier molecular flexibility index (Phi) is 6.12. The van der Waals surface area contributed by atoms with E-state index >= 15 is 4.39 Å². The third-order valence-electron chi connectivity index (χ3n) is 7.59. The number of alkyl carbamates (subject to hydrolysis) is 1. The summed E-state index contributed by atoms with van der Waals surface area (Å²) in [6, 6.07) is 2.47. The SMILES string of the molecule is O=C(NC12CC(C1)C2)O[C@@H]1CC[C@H](c2cc(Nc3nc(C(F)(F)F)cn4nc(COC(F)(F)F)cc34)n[nH]2)[C@@H]1F. The number of halogens is 7. The molecule has 3 aromatic rings. The number of carbonyl (C=O) groups is 1. The van der Waals surface area contributed by atoms with E-state index in [1.807, 2.05) is 0 Å². The number of nitrogens with one attached hydrogen (secondary N) is 3. The average Bonchev–Trinajstić information content (AvgIpc) is 3.52. The van der Waals surface area contributed by atoms with Crippen molar-refractivity contribution in [3.05, 3.63) is 35.4 Å². The van der Waals surface area contributed by atoms with Crippen molar-refractivity contribution in [2.24, 2.45) is 5.92 Å². The number of aromatic amines is 1. The third kappa shape index (κ3) is 5.13. The summed E-state index contributed by atoms with van der Waals surface area (Å²) in [5.74, 6) is -0.481. The Hall–Kier alpha value is -3.63. The molecule has 4 aliphatic rings. The second kappa shape index (κ2) is 9.21. The first-order valence-electron chi connectivity index (χ1n) is 12.4. The fourth-order valence-electron chi connectivity index (χ4n) is 5.60. The van der Waals surface area contributed by atoms with E-state index in [0.717, 1.165) is 29.8 Å². The van der Waals surface area contributed by atoms with Gasteiger partial charge in [0.05, 0.1) is 11.9 Å². The highest BCUT2D eigenvalue weighted by atomic mass is 19.4. The quantitative estimate of drug-likeness (QED) is 0.334. The van der Waals surface area contributed by atoms with Crippen LogP contribution in [-0.2, 0) is 22.3 Å². The number of hydrogen-bond acceptors (Lipinski definition) is 7. The Balaban J connectivity index is 1.16. The van der Waals surface area contributed by atoms with Gasteiger partial charge in [0.1, 0.15) is 24.4 Å². The lowest BCUT2D eigenvalue weighted by molar-refractivity contribution is -0.330. The van der Waals surface area contributed by atoms with Gasteiger partial charge in [-0.05, 0) is 44.1 Å². The van der Waals surface area contributed by atoms with Crippen molar-refractivity contribution < 1.29 is 45.0 Å². The molecule has 1 amide bonds. The predicted octanol–water partition coefficient (Wildman–Crippen LogP) is 5.11. The van der Waals surface area contributed by atoms with Crippen molar-refractivity contribution >= 4 is 23.2 Å². The van der Waals surface area contributed by atoms with Crippen molar-refractivity contribution in [2.45, 2.75) is 75.0 Å². The van der Waals surface area contributed by atoms with Gasteiger partial charge in [0.15, 0.2) is 17.3 Å². The van der Waals surface area contributed by atoms with E-state index in [1.54, 1.807) is 0 Å². The summed E-state index contributed by atoms with van der Waals surface area (Å²) in [5, 5.41) is 15.8. The summed E-state index contributed by atoms with van der Waals surface area (Å²) in [6.07, 6.45) is -9.16. The molecule has 3 heterocycles. The van der Waals surface area contributed by atoms with Gasteiger partial charge in [-0.2, -0.15) is 23.4 Å². The molecule has 0 spiro atoms. The van der Waals surface area contributed by atoms with E-state index < -0.39 is 54.9 Å². The number of aromatic nitrogens is 5. The van der Waals surface area contributed by atoms with E-state index in [0.29, 0.717) is 24.2 Å². The van der Waals surface area contributed by atoms with Gasteiger partial charge < -0.3 is 15.4 Å². The summed E-state index contributed by atoms with van der Waals surface area (Å²) >= 11 is 0. The van der Waals surface area contributed by atoms with Crippen LogP contribution in [-0.4, -0.2) is 55.1 Å². The number of fused-ring (bicyclic) bond motifs is 1. The summed E-state index contributed by atoms with van der Waals surface area (Å²) in [4.78, 5) is 15.8. The lowest BCUT2D eigenvalue weighted by Gasteiger charge is -2.61.